The molecule has 2 aliphatic heterocycles. The fraction of sp³-hybridized carbons (Fsp3) is 0.895. The number of nitrogens with one attached hydrogen (secondary N) is 1. The lowest BCUT2D eigenvalue weighted by Gasteiger charge is -2.36. The second-order valence-electron chi connectivity index (χ2n) is 8.64. The van der Waals surface area contributed by atoms with E-state index in [-0.39, 0.29) is 35.7 Å². The Kier molecular flexibility index (Phi) is 8.69. The van der Waals surface area contributed by atoms with Crippen LogP contribution in [-0.2, 0) is 9.59 Å². The molecule has 0 spiro atoms. The van der Waals surface area contributed by atoms with Gasteiger partial charge in [-0.3, -0.25) is 9.59 Å². The van der Waals surface area contributed by atoms with Crippen molar-refractivity contribution in [2.45, 2.75) is 65.3 Å². The van der Waals surface area contributed by atoms with Gasteiger partial charge in [0.2, 0.25) is 11.8 Å². The van der Waals surface area contributed by atoms with Gasteiger partial charge in [0.05, 0.1) is 0 Å². The lowest BCUT2D eigenvalue weighted by Crippen LogP contribution is -2.50. The van der Waals surface area contributed by atoms with Gasteiger partial charge in [-0.05, 0) is 57.0 Å². The molecule has 5 nitrogen and oxygen atoms in total. The molecule has 0 aromatic carbocycles. The van der Waals surface area contributed by atoms with Crippen LogP contribution in [0.3, 0.4) is 0 Å². The van der Waals surface area contributed by atoms with E-state index >= 15 is 0 Å². The number of rotatable bonds is 5. The smallest absolute Gasteiger partial charge is 0.245 e. The van der Waals surface area contributed by atoms with E-state index in [9.17, 15) is 9.59 Å². The van der Waals surface area contributed by atoms with Gasteiger partial charge in [0.25, 0.3) is 0 Å². The summed E-state index contributed by atoms with van der Waals surface area (Å²) < 4.78 is 0. The van der Waals surface area contributed by atoms with Gasteiger partial charge in [0, 0.05) is 26.1 Å². The highest BCUT2D eigenvalue weighted by atomic mass is 35.5. The first kappa shape index (κ1) is 22.2. The maximum atomic E-state index is 12.9. The van der Waals surface area contributed by atoms with Crippen LogP contribution in [0.2, 0.25) is 0 Å². The molecular formula is C19H36ClN3O2. The minimum atomic E-state index is -0.214. The van der Waals surface area contributed by atoms with E-state index in [1.807, 2.05) is 16.8 Å². The number of likely N-dealkylation sites (tertiary alicyclic amines) is 2. The van der Waals surface area contributed by atoms with Gasteiger partial charge in [0.15, 0.2) is 0 Å². The van der Waals surface area contributed by atoms with E-state index in [1.54, 1.807) is 0 Å². The summed E-state index contributed by atoms with van der Waals surface area (Å²) in [4.78, 5) is 29.3. The topological polar surface area (TPSA) is 52.7 Å². The van der Waals surface area contributed by atoms with Crippen LogP contribution in [0, 0.1) is 11.3 Å². The Balaban J connectivity index is 0.00000312. The predicted octanol–water partition coefficient (Wildman–Crippen LogP) is 2.68. The standard InChI is InChI=1S/C19H35N3O2.ClH/c1-19(2,3)14-17(23)22-11-5-6-16(22)18(24)21-12-8-15(9-13-21)7-10-20-4;/h15-16,20H,5-14H2,1-4H3;1H. The third-order valence-corrected chi connectivity index (χ3v) is 5.27. The Morgan fingerprint density at radius 1 is 1.08 bits per heavy atom. The molecule has 2 fully saturated rings. The molecule has 2 heterocycles. The summed E-state index contributed by atoms with van der Waals surface area (Å²) in [6.45, 7) is 9.73. The zero-order valence-electron chi connectivity index (χ0n) is 16.3. The first-order valence-corrected chi connectivity index (χ1v) is 9.54. The van der Waals surface area contributed by atoms with Crippen molar-refractivity contribution in [2.24, 2.45) is 11.3 Å². The van der Waals surface area contributed by atoms with Gasteiger partial charge < -0.3 is 15.1 Å². The van der Waals surface area contributed by atoms with Gasteiger partial charge in [-0.2, -0.15) is 0 Å². The Morgan fingerprint density at radius 2 is 1.72 bits per heavy atom. The van der Waals surface area contributed by atoms with Crippen LogP contribution in [0.5, 0.6) is 0 Å². The Bertz CT molecular complexity index is 442. The minimum absolute atomic E-state index is 0. The average Bonchev–Trinajstić information content (AvgIpc) is 3.01. The number of halogens is 1. The van der Waals surface area contributed by atoms with Gasteiger partial charge >= 0.3 is 0 Å². The summed E-state index contributed by atoms with van der Waals surface area (Å²) in [7, 11) is 1.99. The summed E-state index contributed by atoms with van der Waals surface area (Å²) in [6, 6.07) is -0.214. The van der Waals surface area contributed by atoms with Crippen LogP contribution in [0.25, 0.3) is 0 Å². The monoisotopic (exact) mass is 373 g/mol. The molecule has 2 aliphatic rings. The van der Waals surface area contributed by atoms with E-state index in [2.05, 4.69) is 26.1 Å². The summed E-state index contributed by atoms with van der Waals surface area (Å²) in [5.74, 6) is 1.05. The Morgan fingerprint density at radius 3 is 2.28 bits per heavy atom. The van der Waals surface area contributed by atoms with E-state index in [1.165, 1.54) is 6.42 Å². The molecule has 2 rings (SSSR count). The van der Waals surface area contributed by atoms with Crippen molar-refractivity contribution in [3.63, 3.8) is 0 Å². The molecule has 1 atom stereocenters. The maximum Gasteiger partial charge on any atom is 0.245 e. The van der Waals surface area contributed by atoms with Crippen molar-refractivity contribution in [2.75, 3.05) is 33.2 Å². The van der Waals surface area contributed by atoms with Crippen LogP contribution in [0.4, 0.5) is 0 Å². The second-order valence-corrected chi connectivity index (χ2v) is 8.64. The van der Waals surface area contributed by atoms with Crippen LogP contribution in [0.15, 0.2) is 0 Å². The van der Waals surface area contributed by atoms with Crippen LogP contribution < -0.4 is 5.32 Å². The molecule has 2 saturated heterocycles. The second kappa shape index (κ2) is 9.77. The third kappa shape index (κ3) is 6.45. The molecule has 0 saturated carbocycles. The quantitative estimate of drug-likeness (QED) is 0.806. The number of amides is 2. The van der Waals surface area contributed by atoms with E-state index in [0.29, 0.717) is 6.42 Å². The largest absolute Gasteiger partial charge is 0.341 e. The van der Waals surface area contributed by atoms with Crippen molar-refractivity contribution < 1.29 is 9.59 Å². The Hall–Kier alpha value is -0.810. The van der Waals surface area contributed by atoms with Gasteiger partial charge in [-0.1, -0.05) is 20.8 Å². The molecule has 0 aromatic heterocycles. The molecule has 0 bridgehead atoms. The van der Waals surface area contributed by atoms with Crippen molar-refractivity contribution in [1.82, 2.24) is 15.1 Å². The molecule has 0 radical (unpaired) electrons. The first-order chi connectivity index (χ1) is 11.3. The fourth-order valence-corrected chi connectivity index (χ4v) is 3.88. The molecule has 1 N–H and O–H groups in total. The molecule has 146 valence electrons. The Labute approximate surface area is 159 Å². The summed E-state index contributed by atoms with van der Waals surface area (Å²) in [6.07, 6.45) is 5.67. The zero-order chi connectivity index (χ0) is 17.7. The highest BCUT2D eigenvalue weighted by Crippen LogP contribution is 2.27. The SMILES string of the molecule is CNCCC1CCN(C(=O)C2CCCN2C(=O)CC(C)(C)C)CC1.Cl. The highest BCUT2D eigenvalue weighted by Gasteiger charge is 2.38. The van der Waals surface area contributed by atoms with E-state index in [0.717, 1.165) is 57.8 Å². The summed E-state index contributed by atoms with van der Waals surface area (Å²) >= 11 is 0. The van der Waals surface area contributed by atoms with Crippen LogP contribution in [0.1, 0.15) is 59.3 Å². The fourth-order valence-electron chi connectivity index (χ4n) is 3.88. The zero-order valence-corrected chi connectivity index (χ0v) is 17.2. The number of carbonyl (C=O) groups excluding carboxylic acids is 2. The lowest BCUT2D eigenvalue weighted by atomic mass is 9.91. The lowest BCUT2D eigenvalue weighted by molar-refractivity contribution is -0.145. The number of hydrogen-bond acceptors (Lipinski definition) is 3. The predicted molar refractivity (Wildman–Crippen MR) is 104 cm³/mol. The molecular weight excluding hydrogens is 338 g/mol. The number of carbonyl (C=O) groups is 2. The highest BCUT2D eigenvalue weighted by molar-refractivity contribution is 5.88. The van der Waals surface area contributed by atoms with Crippen molar-refractivity contribution in [3.8, 4) is 0 Å². The molecule has 1 unspecified atom stereocenters. The van der Waals surface area contributed by atoms with Crippen molar-refractivity contribution in [1.29, 1.82) is 0 Å². The normalized spacial score (nSPS) is 22.0. The van der Waals surface area contributed by atoms with E-state index < -0.39 is 0 Å². The summed E-state index contributed by atoms with van der Waals surface area (Å²) in [5, 5.41) is 3.21. The number of hydrogen-bond donors (Lipinski definition) is 1. The minimum Gasteiger partial charge on any atom is -0.341 e. The van der Waals surface area contributed by atoms with E-state index in [4.69, 9.17) is 0 Å². The van der Waals surface area contributed by atoms with Crippen LogP contribution in [-0.4, -0.2) is 60.9 Å². The first-order valence-electron chi connectivity index (χ1n) is 9.54. The van der Waals surface area contributed by atoms with Gasteiger partial charge in [0.1, 0.15) is 6.04 Å². The molecule has 2 amide bonds. The molecule has 6 heteroatoms. The average molecular weight is 374 g/mol. The summed E-state index contributed by atoms with van der Waals surface area (Å²) in [5.41, 5.74) is -0.0288. The third-order valence-electron chi connectivity index (χ3n) is 5.27. The molecule has 0 aromatic rings. The van der Waals surface area contributed by atoms with Crippen molar-refractivity contribution >= 4 is 24.2 Å². The number of piperidine rings is 1. The maximum absolute atomic E-state index is 12.9. The van der Waals surface area contributed by atoms with Gasteiger partial charge in [-0.15, -0.1) is 12.4 Å². The van der Waals surface area contributed by atoms with Crippen LogP contribution >= 0.6 is 12.4 Å². The van der Waals surface area contributed by atoms with Crippen molar-refractivity contribution in [3.05, 3.63) is 0 Å². The molecule has 25 heavy (non-hydrogen) atoms. The number of nitrogens with zero attached hydrogens (tertiary/aromatic N) is 2. The molecule has 0 aliphatic carbocycles. The van der Waals surface area contributed by atoms with Gasteiger partial charge in [-0.25, -0.2) is 0 Å².